The van der Waals surface area contributed by atoms with E-state index < -0.39 is 6.36 Å². The second-order valence-corrected chi connectivity index (χ2v) is 4.15. The highest BCUT2D eigenvalue weighted by molar-refractivity contribution is 5.65. The van der Waals surface area contributed by atoms with E-state index in [2.05, 4.69) is 4.74 Å². The third-order valence-corrected chi connectivity index (χ3v) is 2.54. The molecule has 0 aromatic heterocycles. The van der Waals surface area contributed by atoms with E-state index in [0.717, 1.165) is 5.56 Å². The van der Waals surface area contributed by atoms with Crippen molar-refractivity contribution in [3.63, 3.8) is 0 Å². The molecule has 0 aliphatic carbocycles. The summed E-state index contributed by atoms with van der Waals surface area (Å²) in [6, 6.07) is 5.68. The number of alkyl halides is 3. The van der Waals surface area contributed by atoms with Crippen LogP contribution in [0.25, 0.3) is 0 Å². The van der Waals surface area contributed by atoms with Crippen LogP contribution < -0.4 is 4.74 Å². The molecule has 0 amide bonds. The Morgan fingerprint density at radius 1 is 1.26 bits per heavy atom. The summed E-state index contributed by atoms with van der Waals surface area (Å²) < 4.78 is 44.5. The first-order valence-electron chi connectivity index (χ1n) is 5.77. The Morgan fingerprint density at radius 3 is 2.32 bits per heavy atom. The van der Waals surface area contributed by atoms with Gasteiger partial charge in [0.25, 0.3) is 0 Å². The predicted molar refractivity (Wildman–Crippen MR) is 62.8 cm³/mol. The highest BCUT2D eigenvalue weighted by Crippen LogP contribution is 2.26. The number of esters is 1. The Bertz CT molecular complexity index is 412. The lowest BCUT2D eigenvalue weighted by molar-refractivity contribution is -0.274. The number of carbonyl (C=O) groups excluding carboxylic acids is 1. The minimum absolute atomic E-state index is 0.0827. The van der Waals surface area contributed by atoms with Crippen LogP contribution in [0.3, 0.4) is 0 Å². The fraction of sp³-hybridized carbons (Fsp3) is 0.462. The van der Waals surface area contributed by atoms with Gasteiger partial charge in [0.05, 0.1) is 6.61 Å². The molecular formula is C13H15F3O3. The van der Waals surface area contributed by atoms with Crippen LogP contribution in [0.2, 0.25) is 0 Å². The first-order chi connectivity index (χ1) is 8.78. The zero-order valence-corrected chi connectivity index (χ0v) is 10.7. The lowest BCUT2D eigenvalue weighted by Gasteiger charge is -2.13. The first-order valence-corrected chi connectivity index (χ1v) is 5.77. The van der Waals surface area contributed by atoms with Crippen LogP contribution >= 0.6 is 0 Å². The van der Waals surface area contributed by atoms with Gasteiger partial charge in [0.15, 0.2) is 0 Å². The molecule has 0 fully saturated rings. The van der Waals surface area contributed by atoms with Crippen molar-refractivity contribution in [1.29, 1.82) is 0 Å². The smallest absolute Gasteiger partial charge is 0.466 e. The fourth-order valence-electron chi connectivity index (χ4n) is 1.54. The van der Waals surface area contributed by atoms with E-state index in [9.17, 15) is 18.0 Å². The first kappa shape index (κ1) is 15.3. The summed E-state index contributed by atoms with van der Waals surface area (Å²) in [6.07, 6.45) is -4.07. The van der Waals surface area contributed by atoms with Crippen LogP contribution in [0.15, 0.2) is 24.3 Å². The lowest BCUT2D eigenvalue weighted by atomic mass is 9.98. The van der Waals surface area contributed by atoms with Crippen LogP contribution in [0.5, 0.6) is 5.75 Å². The summed E-state index contributed by atoms with van der Waals surface area (Å²) in [5.74, 6) is -0.510. The van der Waals surface area contributed by atoms with Gasteiger partial charge in [-0.15, -0.1) is 13.2 Å². The zero-order valence-electron chi connectivity index (χ0n) is 10.7. The van der Waals surface area contributed by atoms with Gasteiger partial charge in [-0.3, -0.25) is 4.79 Å². The number of hydrogen-bond donors (Lipinski definition) is 0. The van der Waals surface area contributed by atoms with Gasteiger partial charge in [0, 0.05) is 6.92 Å². The van der Waals surface area contributed by atoms with Crippen LogP contribution in [-0.2, 0) is 9.53 Å². The summed E-state index contributed by atoms with van der Waals surface area (Å²) in [4.78, 5) is 10.6. The quantitative estimate of drug-likeness (QED) is 0.770. The van der Waals surface area contributed by atoms with Gasteiger partial charge in [0.1, 0.15) is 5.75 Å². The summed E-state index contributed by atoms with van der Waals surface area (Å²) in [5.41, 5.74) is 0.863. The molecule has 0 radical (unpaired) electrons. The maximum atomic E-state index is 12.0. The molecule has 1 aromatic rings. The Balaban J connectivity index is 2.53. The summed E-state index contributed by atoms with van der Waals surface area (Å²) in [7, 11) is 0. The third kappa shape index (κ3) is 6.13. The van der Waals surface area contributed by atoms with Gasteiger partial charge in [-0.2, -0.15) is 0 Å². The summed E-state index contributed by atoms with van der Waals surface area (Å²) in [6.45, 7) is 3.52. The van der Waals surface area contributed by atoms with E-state index in [1.54, 1.807) is 12.1 Å². The molecule has 1 atom stereocenters. The average molecular weight is 276 g/mol. The van der Waals surface area contributed by atoms with Crippen molar-refractivity contribution >= 4 is 5.97 Å². The van der Waals surface area contributed by atoms with Gasteiger partial charge < -0.3 is 9.47 Å². The average Bonchev–Trinajstić information content (AvgIpc) is 2.27. The lowest BCUT2D eigenvalue weighted by Crippen LogP contribution is -2.17. The third-order valence-electron chi connectivity index (χ3n) is 2.54. The topological polar surface area (TPSA) is 35.5 Å². The Labute approximate surface area is 109 Å². The number of rotatable bonds is 5. The molecule has 0 aliphatic heterocycles. The van der Waals surface area contributed by atoms with Crippen molar-refractivity contribution in [2.24, 2.45) is 0 Å². The molecule has 0 saturated heterocycles. The molecular weight excluding hydrogens is 261 g/mol. The Hall–Kier alpha value is -1.72. The van der Waals surface area contributed by atoms with Crippen molar-refractivity contribution in [1.82, 2.24) is 0 Å². The molecule has 0 spiro atoms. The Kier molecular flexibility index (Phi) is 5.20. The largest absolute Gasteiger partial charge is 0.573 e. The zero-order chi connectivity index (χ0) is 14.5. The second-order valence-electron chi connectivity index (χ2n) is 4.15. The molecule has 0 bridgehead atoms. The number of hydrogen-bond acceptors (Lipinski definition) is 3. The van der Waals surface area contributed by atoms with E-state index in [4.69, 9.17) is 4.74 Å². The SMILES string of the molecule is CC(=O)OCCC(C)c1ccc(OC(F)(F)F)cc1. The molecule has 0 aliphatic rings. The summed E-state index contributed by atoms with van der Waals surface area (Å²) in [5, 5.41) is 0. The van der Waals surface area contributed by atoms with Crippen LogP contribution in [0.1, 0.15) is 31.7 Å². The molecule has 0 heterocycles. The van der Waals surface area contributed by atoms with E-state index in [0.29, 0.717) is 6.42 Å². The van der Waals surface area contributed by atoms with Crippen molar-refractivity contribution in [2.45, 2.75) is 32.5 Å². The van der Waals surface area contributed by atoms with Crippen LogP contribution in [0.4, 0.5) is 13.2 Å². The minimum Gasteiger partial charge on any atom is -0.466 e. The molecule has 106 valence electrons. The molecule has 1 rings (SSSR count). The minimum atomic E-state index is -4.68. The predicted octanol–water partition coefficient (Wildman–Crippen LogP) is 3.64. The van der Waals surface area contributed by atoms with Crippen LogP contribution in [-0.4, -0.2) is 18.9 Å². The molecule has 19 heavy (non-hydrogen) atoms. The monoisotopic (exact) mass is 276 g/mol. The second kappa shape index (κ2) is 6.45. The molecule has 1 aromatic carbocycles. The van der Waals surface area contributed by atoms with E-state index >= 15 is 0 Å². The van der Waals surface area contributed by atoms with Gasteiger partial charge in [-0.05, 0) is 30.0 Å². The molecule has 0 saturated carbocycles. The van der Waals surface area contributed by atoms with Gasteiger partial charge in [-0.1, -0.05) is 19.1 Å². The normalized spacial score (nSPS) is 12.9. The summed E-state index contributed by atoms with van der Waals surface area (Å²) >= 11 is 0. The maximum absolute atomic E-state index is 12.0. The van der Waals surface area contributed by atoms with Gasteiger partial charge in [0.2, 0.25) is 0 Å². The van der Waals surface area contributed by atoms with E-state index in [1.165, 1.54) is 19.1 Å². The number of ether oxygens (including phenoxy) is 2. The van der Waals surface area contributed by atoms with Crippen molar-refractivity contribution in [3.8, 4) is 5.75 Å². The number of carbonyl (C=O) groups is 1. The van der Waals surface area contributed by atoms with Gasteiger partial charge in [-0.25, -0.2) is 0 Å². The molecule has 1 unspecified atom stereocenters. The highest BCUT2D eigenvalue weighted by atomic mass is 19.4. The Morgan fingerprint density at radius 2 is 1.84 bits per heavy atom. The molecule has 0 N–H and O–H groups in total. The number of halogens is 3. The maximum Gasteiger partial charge on any atom is 0.573 e. The van der Waals surface area contributed by atoms with Crippen molar-refractivity contribution in [3.05, 3.63) is 29.8 Å². The molecule has 3 nitrogen and oxygen atoms in total. The molecule has 6 heteroatoms. The highest BCUT2D eigenvalue weighted by Gasteiger charge is 2.30. The van der Waals surface area contributed by atoms with Gasteiger partial charge >= 0.3 is 12.3 Å². The van der Waals surface area contributed by atoms with Crippen molar-refractivity contribution in [2.75, 3.05) is 6.61 Å². The van der Waals surface area contributed by atoms with Crippen molar-refractivity contribution < 1.29 is 27.4 Å². The van der Waals surface area contributed by atoms with Crippen LogP contribution in [0, 0.1) is 0 Å². The van der Waals surface area contributed by atoms with E-state index in [-0.39, 0.29) is 24.2 Å². The number of benzene rings is 1. The standard InChI is InChI=1S/C13H15F3O3/c1-9(7-8-18-10(2)17)11-3-5-12(6-4-11)19-13(14,15)16/h3-6,9H,7-8H2,1-2H3. The fourth-order valence-corrected chi connectivity index (χ4v) is 1.54. The van der Waals surface area contributed by atoms with E-state index in [1.807, 2.05) is 6.92 Å².